The Hall–Kier alpha value is -0.120. The highest BCUT2D eigenvalue weighted by Crippen LogP contribution is 2.12. The van der Waals surface area contributed by atoms with Crippen molar-refractivity contribution in [1.29, 1.82) is 0 Å². The van der Waals surface area contributed by atoms with E-state index in [1.54, 1.807) is 7.11 Å². The Balaban J connectivity index is 3.84. The smallest absolute Gasteiger partial charge is 0.0480 e. The molecular weight excluding hydrogens is 214 g/mol. The molecule has 17 heavy (non-hydrogen) atoms. The average Bonchev–Trinajstić information content (AvgIpc) is 2.35. The van der Waals surface area contributed by atoms with Crippen molar-refractivity contribution in [2.45, 2.75) is 52.5 Å². The SMILES string of the molecule is CCCNC(CCOCCC)C(C)CCOC. The maximum absolute atomic E-state index is 5.58. The zero-order chi connectivity index (χ0) is 12.9. The highest BCUT2D eigenvalue weighted by atomic mass is 16.5. The first-order chi connectivity index (χ1) is 8.26. The van der Waals surface area contributed by atoms with Gasteiger partial charge in [-0.1, -0.05) is 20.8 Å². The van der Waals surface area contributed by atoms with E-state index in [0.29, 0.717) is 12.0 Å². The molecule has 0 rings (SSSR count). The highest BCUT2D eigenvalue weighted by Gasteiger charge is 2.15. The second kappa shape index (κ2) is 12.3. The van der Waals surface area contributed by atoms with E-state index in [4.69, 9.17) is 9.47 Å². The van der Waals surface area contributed by atoms with E-state index in [1.807, 2.05) is 0 Å². The molecule has 2 atom stereocenters. The van der Waals surface area contributed by atoms with Crippen molar-refractivity contribution in [2.24, 2.45) is 5.92 Å². The molecule has 0 aromatic heterocycles. The highest BCUT2D eigenvalue weighted by molar-refractivity contribution is 4.73. The summed E-state index contributed by atoms with van der Waals surface area (Å²) in [5.41, 5.74) is 0. The second-order valence-corrected chi connectivity index (χ2v) is 4.72. The molecule has 0 aliphatic carbocycles. The van der Waals surface area contributed by atoms with Gasteiger partial charge in [0.2, 0.25) is 0 Å². The molecule has 0 aliphatic rings. The summed E-state index contributed by atoms with van der Waals surface area (Å²) >= 11 is 0. The molecule has 104 valence electrons. The van der Waals surface area contributed by atoms with E-state index in [9.17, 15) is 0 Å². The molecule has 0 saturated carbocycles. The molecule has 0 aliphatic heterocycles. The molecule has 0 saturated heterocycles. The van der Waals surface area contributed by atoms with E-state index < -0.39 is 0 Å². The van der Waals surface area contributed by atoms with Gasteiger partial charge in [-0.2, -0.15) is 0 Å². The molecule has 0 fully saturated rings. The molecule has 0 bridgehead atoms. The molecule has 3 heteroatoms. The van der Waals surface area contributed by atoms with Gasteiger partial charge in [0.1, 0.15) is 0 Å². The summed E-state index contributed by atoms with van der Waals surface area (Å²) in [6, 6.07) is 0.557. The Kier molecular flexibility index (Phi) is 12.3. The Morgan fingerprint density at radius 1 is 1.00 bits per heavy atom. The predicted molar refractivity (Wildman–Crippen MR) is 73.5 cm³/mol. The van der Waals surface area contributed by atoms with Crippen LogP contribution in [0.4, 0.5) is 0 Å². The number of rotatable bonds is 12. The van der Waals surface area contributed by atoms with Gasteiger partial charge >= 0.3 is 0 Å². The number of hydrogen-bond donors (Lipinski definition) is 1. The summed E-state index contributed by atoms with van der Waals surface area (Å²) in [5.74, 6) is 0.645. The van der Waals surface area contributed by atoms with Crippen molar-refractivity contribution in [3.8, 4) is 0 Å². The Morgan fingerprint density at radius 2 is 1.76 bits per heavy atom. The number of nitrogens with one attached hydrogen (secondary N) is 1. The normalized spacial score (nSPS) is 14.8. The Morgan fingerprint density at radius 3 is 2.35 bits per heavy atom. The largest absolute Gasteiger partial charge is 0.385 e. The van der Waals surface area contributed by atoms with Crippen LogP contribution < -0.4 is 5.32 Å². The summed E-state index contributed by atoms with van der Waals surface area (Å²) in [7, 11) is 1.77. The van der Waals surface area contributed by atoms with Crippen molar-refractivity contribution in [1.82, 2.24) is 5.32 Å². The average molecular weight is 245 g/mol. The number of ether oxygens (including phenoxy) is 2. The molecule has 1 N–H and O–H groups in total. The van der Waals surface area contributed by atoms with E-state index in [2.05, 4.69) is 26.1 Å². The summed E-state index contributed by atoms with van der Waals surface area (Å²) < 4.78 is 10.7. The Bertz CT molecular complexity index is 153. The fourth-order valence-electron chi connectivity index (χ4n) is 1.88. The third-order valence-corrected chi connectivity index (χ3v) is 3.04. The number of hydrogen-bond acceptors (Lipinski definition) is 3. The zero-order valence-electron chi connectivity index (χ0n) is 12.1. The van der Waals surface area contributed by atoms with Gasteiger partial charge in [0, 0.05) is 33.0 Å². The van der Waals surface area contributed by atoms with E-state index in [-0.39, 0.29) is 0 Å². The van der Waals surface area contributed by atoms with Crippen LogP contribution in [0.2, 0.25) is 0 Å². The third kappa shape index (κ3) is 9.57. The molecule has 0 spiro atoms. The number of methoxy groups -OCH3 is 1. The fraction of sp³-hybridized carbons (Fsp3) is 1.00. The monoisotopic (exact) mass is 245 g/mol. The maximum Gasteiger partial charge on any atom is 0.0480 e. The van der Waals surface area contributed by atoms with Crippen molar-refractivity contribution >= 4 is 0 Å². The third-order valence-electron chi connectivity index (χ3n) is 3.04. The first kappa shape index (κ1) is 16.9. The van der Waals surface area contributed by atoms with Crippen molar-refractivity contribution in [2.75, 3.05) is 33.5 Å². The van der Waals surface area contributed by atoms with Gasteiger partial charge in [0.15, 0.2) is 0 Å². The zero-order valence-corrected chi connectivity index (χ0v) is 12.1. The minimum absolute atomic E-state index is 0.557. The van der Waals surface area contributed by atoms with Crippen molar-refractivity contribution in [3.63, 3.8) is 0 Å². The topological polar surface area (TPSA) is 30.5 Å². The van der Waals surface area contributed by atoms with Crippen LogP contribution in [0.15, 0.2) is 0 Å². The summed E-state index contributed by atoms with van der Waals surface area (Å²) in [6.45, 7) is 10.3. The molecule has 2 unspecified atom stereocenters. The van der Waals surface area contributed by atoms with Crippen LogP contribution in [-0.2, 0) is 9.47 Å². The van der Waals surface area contributed by atoms with Crippen LogP contribution in [-0.4, -0.2) is 39.5 Å². The standard InChI is InChI=1S/C14H31NO2/c1-5-9-15-14(8-12-17-10-6-2)13(3)7-11-16-4/h13-15H,5-12H2,1-4H3. The lowest BCUT2D eigenvalue weighted by Crippen LogP contribution is -2.37. The predicted octanol–water partition coefficient (Wildman–Crippen LogP) is 2.84. The van der Waals surface area contributed by atoms with Gasteiger partial charge in [0.05, 0.1) is 0 Å². The van der Waals surface area contributed by atoms with Gasteiger partial charge in [-0.15, -0.1) is 0 Å². The van der Waals surface area contributed by atoms with Gasteiger partial charge in [-0.25, -0.2) is 0 Å². The summed E-state index contributed by atoms with van der Waals surface area (Å²) in [5, 5.41) is 3.62. The molecule has 0 aromatic rings. The van der Waals surface area contributed by atoms with E-state index in [0.717, 1.165) is 45.6 Å². The van der Waals surface area contributed by atoms with Gasteiger partial charge in [-0.3, -0.25) is 0 Å². The Labute approximate surface area is 107 Å². The first-order valence-electron chi connectivity index (χ1n) is 7.06. The quantitative estimate of drug-likeness (QED) is 0.536. The van der Waals surface area contributed by atoms with Crippen LogP contribution >= 0.6 is 0 Å². The summed E-state index contributed by atoms with van der Waals surface area (Å²) in [6.07, 6.45) is 4.51. The van der Waals surface area contributed by atoms with Gasteiger partial charge in [-0.05, 0) is 38.1 Å². The van der Waals surface area contributed by atoms with Crippen LogP contribution in [0.25, 0.3) is 0 Å². The molecule has 3 nitrogen and oxygen atoms in total. The molecular formula is C14H31NO2. The minimum Gasteiger partial charge on any atom is -0.385 e. The molecule has 0 heterocycles. The van der Waals surface area contributed by atoms with E-state index in [1.165, 1.54) is 6.42 Å². The van der Waals surface area contributed by atoms with Crippen LogP contribution in [0.5, 0.6) is 0 Å². The lowest BCUT2D eigenvalue weighted by molar-refractivity contribution is 0.112. The van der Waals surface area contributed by atoms with Gasteiger partial charge < -0.3 is 14.8 Å². The van der Waals surface area contributed by atoms with Crippen LogP contribution in [0, 0.1) is 5.92 Å². The van der Waals surface area contributed by atoms with E-state index >= 15 is 0 Å². The van der Waals surface area contributed by atoms with Crippen LogP contribution in [0.1, 0.15) is 46.5 Å². The fourth-order valence-corrected chi connectivity index (χ4v) is 1.88. The molecule has 0 amide bonds. The lowest BCUT2D eigenvalue weighted by atomic mass is 9.96. The van der Waals surface area contributed by atoms with Gasteiger partial charge in [0.25, 0.3) is 0 Å². The maximum atomic E-state index is 5.58. The molecule has 0 aromatic carbocycles. The molecule has 0 radical (unpaired) electrons. The summed E-state index contributed by atoms with van der Waals surface area (Å²) in [4.78, 5) is 0. The van der Waals surface area contributed by atoms with Crippen molar-refractivity contribution in [3.05, 3.63) is 0 Å². The van der Waals surface area contributed by atoms with Crippen LogP contribution in [0.3, 0.4) is 0 Å². The minimum atomic E-state index is 0.557. The second-order valence-electron chi connectivity index (χ2n) is 4.72. The van der Waals surface area contributed by atoms with Crippen molar-refractivity contribution < 1.29 is 9.47 Å². The lowest BCUT2D eigenvalue weighted by Gasteiger charge is -2.25. The first-order valence-corrected chi connectivity index (χ1v) is 7.06.